The van der Waals surface area contributed by atoms with Crippen LogP contribution < -0.4 is 10.6 Å². The molecule has 6 nitrogen and oxygen atoms in total. The first-order valence-electron chi connectivity index (χ1n) is 10.1. The van der Waals surface area contributed by atoms with Gasteiger partial charge in [-0.05, 0) is 30.7 Å². The molecule has 0 amide bonds. The van der Waals surface area contributed by atoms with Crippen LogP contribution in [0.25, 0.3) is 22.5 Å². The molecule has 1 atom stereocenters. The summed E-state index contributed by atoms with van der Waals surface area (Å²) in [5.74, 6) is 0.00468. The zero-order chi connectivity index (χ0) is 22.2. The summed E-state index contributed by atoms with van der Waals surface area (Å²) in [5.41, 5.74) is 1.36. The van der Waals surface area contributed by atoms with Gasteiger partial charge in [0.25, 0.3) is 0 Å². The summed E-state index contributed by atoms with van der Waals surface area (Å²) in [5, 5.41) is 0.312. The van der Waals surface area contributed by atoms with E-state index in [1.807, 2.05) is 0 Å². The van der Waals surface area contributed by atoms with Crippen LogP contribution in [-0.2, 0) is 0 Å². The van der Waals surface area contributed by atoms with E-state index in [9.17, 15) is 13.6 Å². The van der Waals surface area contributed by atoms with E-state index in [0.29, 0.717) is 46.4 Å². The van der Waals surface area contributed by atoms with Crippen LogP contribution in [0.1, 0.15) is 6.42 Å². The normalized spacial score (nSPS) is 16.0. The van der Waals surface area contributed by atoms with Crippen molar-refractivity contribution in [2.24, 2.45) is 0 Å². The predicted molar refractivity (Wildman–Crippen MR) is 119 cm³/mol. The minimum atomic E-state index is -0.983. The molecule has 0 N–H and O–H groups in total. The number of halogens is 3. The highest BCUT2D eigenvalue weighted by atomic mass is 35.5. The molecule has 0 spiro atoms. The summed E-state index contributed by atoms with van der Waals surface area (Å²) in [6.45, 7) is 0.621. The van der Waals surface area contributed by atoms with Crippen molar-refractivity contribution in [1.82, 2.24) is 19.1 Å². The molecule has 0 radical (unpaired) electrons. The number of nitrogens with zero attached hydrogens (tertiary/aromatic N) is 5. The maximum Gasteiger partial charge on any atom is 0.337 e. The first-order valence-corrected chi connectivity index (χ1v) is 10.5. The fourth-order valence-corrected chi connectivity index (χ4v) is 4.08. The SMILES string of the molecule is O=c1n(-c2ccc(Cl)nc2)ccn1-c1c(-c2ccccc2F)ccnc1N1CCC(F)C1. The molecule has 4 heterocycles. The summed E-state index contributed by atoms with van der Waals surface area (Å²) >= 11 is 5.87. The van der Waals surface area contributed by atoms with Crippen molar-refractivity contribution in [3.63, 3.8) is 0 Å². The van der Waals surface area contributed by atoms with Gasteiger partial charge in [0.05, 0.1) is 18.4 Å². The van der Waals surface area contributed by atoms with Gasteiger partial charge in [0, 0.05) is 36.3 Å². The number of hydrogen-bond acceptors (Lipinski definition) is 4. The van der Waals surface area contributed by atoms with Crippen molar-refractivity contribution in [2.75, 3.05) is 18.0 Å². The van der Waals surface area contributed by atoms with E-state index in [2.05, 4.69) is 9.97 Å². The van der Waals surface area contributed by atoms with Gasteiger partial charge in [-0.25, -0.2) is 23.5 Å². The van der Waals surface area contributed by atoms with E-state index < -0.39 is 17.7 Å². The van der Waals surface area contributed by atoms with Gasteiger partial charge < -0.3 is 4.90 Å². The lowest BCUT2D eigenvalue weighted by atomic mass is 10.0. The van der Waals surface area contributed by atoms with Gasteiger partial charge in [-0.15, -0.1) is 0 Å². The monoisotopic (exact) mass is 453 g/mol. The molecule has 1 saturated heterocycles. The van der Waals surface area contributed by atoms with Crippen LogP contribution in [-0.4, -0.2) is 38.4 Å². The molecule has 32 heavy (non-hydrogen) atoms. The lowest BCUT2D eigenvalue weighted by molar-refractivity contribution is 0.364. The van der Waals surface area contributed by atoms with Gasteiger partial charge in [-0.3, -0.25) is 9.13 Å². The summed E-state index contributed by atoms with van der Waals surface area (Å²) in [6.07, 6.45) is 5.61. The van der Waals surface area contributed by atoms with Crippen molar-refractivity contribution in [3.05, 3.63) is 88.7 Å². The summed E-state index contributed by atoms with van der Waals surface area (Å²) < 4.78 is 31.6. The second kappa shape index (κ2) is 8.20. The van der Waals surface area contributed by atoms with Crippen molar-refractivity contribution < 1.29 is 8.78 Å². The number of aromatic nitrogens is 4. The quantitative estimate of drug-likeness (QED) is 0.429. The maximum absolute atomic E-state index is 14.7. The summed E-state index contributed by atoms with van der Waals surface area (Å²) in [7, 11) is 0. The van der Waals surface area contributed by atoms with Crippen molar-refractivity contribution in [3.8, 4) is 22.5 Å². The van der Waals surface area contributed by atoms with Gasteiger partial charge in [0.15, 0.2) is 5.82 Å². The van der Waals surface area contributed by atoms with E-state index in [0.717, 1.165) is 0 Å². The molecule has 3 aromatic heterocycles. The fraction of sp³-hybridized carbons (Fsp3) is 0.174. The average Bonchev–Trinajstić information content (AvgIpc) is 3.40. The van der Waals surface area contributed by atoms with Crippen molar-refractivity contribution >= 4 is 17.4 Å². The minimum absolute atomic E-state index is 0.164. The van der Waals surface area contributed by atoms with Gasteiger partial charge in [-0.1, -0.05) is 29.8 Å². The van der Waals surface area contributed by atoms with Gasteiger partial charge >= 0.3 is 5.69 Å². The number of hydrogen-bond donors (Lipinski definition) is 0. The first-order chi connectivity index (χ1) is 15.5. The molecule has 162 valence electrons. The third-order valence-corrected chi connectivity index (χ3v) is 5.73. The predicted octanol–water partition coefficient (Wildman–Crippen LogP) is 4.43. The Bertz CT molecular complexity index is 1330. The fourth-order valence-electron chi connectivity index (χ4n) is 3.97. The van der Waals surface area contributed by atoms with Crippen LogP contribution in [0.4, 0.5) is 14.6 Å². The topological polar surface area (TPSA) is 56.0 Å². The summed E-state index contributed by atoms with van der Waals surface area (Å²) in [6, 6.07) is 11.3. The first kappa shape index (κ1) is 20.4. The zero-order valence-corrected chi connectivity index (χ0v) is 17.6. The molecule has 5 rings (SSSR count). The molecule has 1 aliphatic rings. The van der Waals surface area contributed by atoms with Crippen LogP contribution in [0.15, 0.2) is 72.0 Å². The molecular weight excluding hydrogens is 436 g/mol. The Hall–Kier alpha value is -3.52. The number of rotatable bonds is 4. The molecule has 1 unspecified atom stereocenters. The Morgan fingerprint density at radius 3 is 2.53 bits per heavy atom. The van der Waals surface area contributed by atoms with Crippen LogP contribution in [0.5, 0.6) is 0 Å². The third-order valence-electron chi connectivity index (χ3n) is 5.51. The molecule has 1 aliphatic heterocycles. The maximum atomic E-state index is 14.7. The van der Waals surface area contributed by atoms with Crippen LogP contribution >= 0.6 is 11.6 Å². The molecular formula is C23H18ClF2N5O. The highest BCUT2D eigenvalue weighted by molar-refractivity contribution is 6.29. The highest BCUT2D eigenvalue weighted by Crippen LogP contribution is 2.35. The van der Waals surface area contributed by atoms with Crippen LogP contribution in [0.2, 0.25) is 5.15 Å². The lowest BCUT2D eigenvalue weighted by Gasteiger charge is -2.22. The number of imidazole rings is 1. The second-order valence-corrected chi connectivity index (χ2v) is 7.89. The van der Waals surface area contributed by atoms with Crippen molar-refractivity contribution in [1.29, 1.82) is 0 Å². The number of alkyl halides is 1. The van der Waals surface area contributed by atoms with Gasteiger partial charge in [0.2, 0.25) is 0 Å². The second-order valence-electron chi connectivity index (χ2n) is 7.50. The Morgan fingerprint density at radius 2 is 1.81 bits per heavy atom. The molecule has 0 saturated carbocycles. The van der Waals surface area contributed by atoms with Crippen molar-refractivity contribution in [2.45, 2.75) is 12.6 Å². The molecule has 9 heteroatoms. The van der Waals surface area contributed by atoms with Gasteiger partial charge in [0.1, 0.15) is 22.8 Å². The largest absolute Gasteiger partial charge is 0.352 e. The Labute approximate surface area is 187 Å². The summed E-state index contributed by atoms with van der Waals surface area (Å²) in [4.78, 5) is 23.7. The molecule has 0 aliphatic carbocycles. The third kappa shape index (κ3) is 3.56. The van der Waals surface area contributed by atoms with Crippen LogP contribution in [0, 0.1) is 5.82 Å². The van der Waals surface area contributed by atoms with E-state index in [1.54, 1.807) is 59.9 Å². The Morgan fingerprint density at radius 1 is 1.00 bits per heavy atom. The smallest absolute Gasteiger partial charge is 0.337 e. The standard InChI is InChI=1S/C23H18ClF2N5O/c24-20-6-5-16(13-28-20)30-11-12-31(23(30)32)21-18(17-3-1-2-4-19(17)26)7-9-27-22(21)29-10-8-15(25)14-29/h1-7,9,11-13,15H,8,10,14H2. The molecule has 0 bridgehead atoms. The number of pyridine rings is 2. The Kier molecular flexibility index (Phi) is 5.22. The van der Waals surface area contributed by atoms with E-state index in [4.69, 9.17) is 11.6 Å². The molecule has 1 fully saturated rings. The Balaban J connectivity index is 1.73. The zero-order valence-electron chi connectivity index (χ0n) is 16.8. The van der Waals surface area contributed by atoms with Crippen LogP contribution in [0.3, 0.4) is 0 Å². The highest BCUT2D eigenvalue weighted by Gasteiger charge is 2.28. The molecule has 4 aromatic rings. The minimum Gasteiger partial charge on any atom is -0.352 e. The van der Waals surface area contributed by atoms with E-state index >= 15 is 0 Å². The molecule has 1 aromatic carbocycles. The average molecular weight is 454 g/mol. The van der Waals surface area contributed by atoms with Gasteiger partial charge in [-0.2, -0.15) is 0 Å². The number of anilines is 1. The van der Waals surface area contributed by atoms with E-state index in [1.165, 1.54) is 21.4 Å². The number of benzene rings is 1. The lowest BCUT2D eigenvalue weighted by Crippen LogP contribution is -2.27. The van der Waals surface area contributed by atoms with E-state index in [-0.39, 0.29) is 6.54 Å².